The van der Waals surface area contributed by atoms with Crippen molar-refractivity contribution in [1.29, 1.82) is 0 Å². The van der Waals surface area contributed by atoms with Crippen molar-refractivity contribution in [3.8, 4) is 0 Å². The molecule has 0 aromatic carbocycles. The highest BCUT2D eigenvalue weighted by atomic mass is 16.7. The average Bonchev–Trinajstić information content (AvgIpc) is 2.57. The Morgan fingerprint density at radius 1 is 1.69 bits per heavy atom. The van der Waals surface area contributed by atoms with Crippen LogP contribution in [0.3, 0.4) is 0 Å². The third kappa shape index (κ3) is 1.75. The summed E-state index contributed by atoms with van der Waals surface area (Å²) >= 11 is 0. The molecule has 2 rings (SSSR count). The summed E-state index contributed by atoms with van der Waals surface area (Å²) in [7, 11) is 0. The molecule has 0 aliphatic carbocycles. The number of likely N-dealkylation sites (tertiary alicyclic amines) is 1. The van der Waals surface area contributed by atoms with Gasteiger partial charge in [-0.05, 0) is 13.8 Å². The molecule has 0 bridgehead atoms. The molecule has 5 nitrogen and oxygen atoms in total. The van der Waals surface area contributed by atoms with E-state index in [0.717, 1.165) is 0 Å². The van der Waals surface area contributed by atoms with Crippen LogP contribution >= 0.6 is 0 Å². The summed E-state index contributed by atoms with van der Waals surface area (Å²) in [5.74, 6) is -0.902. The van der Waals surface area contributed by atoms with Crippen LogP contribution in [-0.4, -0.2) is 53.1 Å². The number of aliphatic hydroxyl groups is 1. The average molecular weight is 227 g/mol. The number of carbonyl (C=O) groups excluding carboxylic acids is 1. The Labute approximate surface area is 94.6 Å². The summed E-state index contributed by atoms with van der Waals surface area (Å²) < 4.78 is 11.1. The van der Waals surface area contributed by atoms with Gasteiger partial charge in [-0.1, -0.05) is 6.08 Å². The van der Waals surface area contributed by atoms with Gasteiger partial charge in [0.1, 0.15) is 6.10 Å². The molecule has 1 amide bonds. The number of ether oxygens (including phenoxy) is 2. The summed E-state index contributed by atoms with van der Waals surface area (Å²) in [6.07, 6.45) is 0.405. The SMILES string of the molecule is C=CCN1C(=O)[C@H](O)[C@@H]1[C@H]1COC(C)(C)O1. The molecule has 2 aliphatic heterocycles. The quantitative estimate of drug-likeness (QED) is 0.540. The zero-order valence-corrected chi connectivity index (χ0v) is 9.55. The first-order valence-electron chi connectivity index (χ1n) is 5.37. The molecule has 3 atom stereocenters. The normalized spacial score (nSPS) is 37.3. The van der Waals surface area contributed by atoms with Crippen molar-refractivity contribution < 1.29 is 19.4 Å². The van der Waals surface area contributed by atoms with Gasteiger partial charge in [-0.2, -0.15) is 0 Å². The Bertz CT molecular complexity index is 315. The Balaban J connectivity index is 2.04. The molecule has 0 saturated carbocycles. The second-order valence-corrected chi connectivity index (χ2v) is 4.58. The highest BCUT2D eigenvalue weighted by Crippen LogP contribution is 2.32. The van der Waals surface area contributed by atoms with Gasteiger partial charge in [-0.3, -0.25) is 4.79 Å². The first kappa shape index (κ1) is 11.6. The number of β-lactam (4-membered cyclic amide) rings is 1. The van der Waals surface area contributed by atoms with Crippen LogP contribution in [-0.2, 0) is 14.3 Å². The van der Waals surface area contributed by atoms with Gasteiger partial charge < -0.3 is 19.5 Å². The minimum atomic E-state index is -0.970. The van der Waals surface area contributed by atoms with E-state index in [9.17, 15) is 9.90 Å². The Morgan fingerprint density at radius 3 is 2.88 bits per heavy atom. The number of hydrogen-bond donors (Lipinski definition) is 1. The van der Waals surface area contributed by atoms with Crippen LogP contribution < -0.4 is 0 Å². The van der Waals surface area contributed by atoms with Gasteiger partial charge in [0.2, 0.25) is 0 Å². The molecule has 0 aromatic rings. The molecule has 2 fully saturated rings. The van der Waals surface area contributed by atoms with Gasteiger partial charge in [0.25, 0.3) is 5.91 Å². The van der Waals surface area contributed by atoms with Crippen molar-refractivity contribution in [1.82, 2.24) is 4.90 Å². The van der Waals surface area contributed by atoms with E-state index in [4.69, 9.17) is 9.47 Å². The lowest BCUT2D eigenvalue weighted by molar-refractivity contribution is -0.187. The lowest BCUT2D eigenvalue weighted by Gasteiger charge is -2.46. The first-order valence-corrected chi connectivity index (χ1v) is 5.37. The van der Waals surface area contributed by atoms with Gasteiger partial charge in [-0.25, -0.2) is 0 Å². The van der Waals surface area contributed by atoms with Gasteiger partial charge in [0.05, 0.1) is 12.6 Å². The van der Waals surface area contributed by atoms with E-state index < -0.39 is 11.9 Å². The van der Waals surface area contributed by atoms with Crippen LogP contribution in [0.4, 0.5) is 0 Å². The van der Waals surface area contributed by atoms with Gasteiger partial charge in [-0.15, -0.1) is 6.58 Å². The third-order valence-corrected chi connectivity index (χ3v) is 2.96. The molecule has 1 N–H and O–H groups in total. The van der Waals surface area contributed by atoms with E-state index in [-0.39, 0.29) is 18.1 Å². The van der Waals surface area contributed by atoms with Crippen LogP contribution in [0.15, 0.2) is 12.7 Å². The number of hydrogen-bond acceptors (Lipinski definition) is 4. The van der Waals surface area contributed by atoms with Crippen molar-refractivity contribution in [2.24, 2.45) is 0 Å². The standard InChI is InChI=1S/C11H17NO4/c1-4-5-12-8(9(13)10(12)14)7-6-15-11(2,3)16-7/h4,7-9,13H,1,5-6H2,2-3H3/t7-,8+,9-/m1/s1. The molecule has 0 unspecified atom stereocenters. The van der Waals surface area contributed by atoms with Gasteiger partial charge in [0.15, 0.2) is 11.9 Å². The molecule has 0 radical (unpaired) electrons. The fraction of sp³-hybridized carbons (Fsp3) is 0.727. The van der Waals surface area contributed by atoms with Crippen LogP contribution in [0, 0.1) is 0 Å². The molecule has 16 heavy (non-hydrogen) atoms. The Morgan fingerprint density at radius 2 is 2.38 bits per heavy atom. The van der Waals surface area contributed by atoms with Crippen LogP contribution in [0.2, 0.25) is 0 Å². The second-order valence-electron chi connectivity index (χ2n) is 4.58. The minimum absolute atomic E-state index is 0.261. The summed E-state index contributed by atoms with van der Waals surface area (Å²) in [4.78, 5) is 13.0. The summed E-state index contributed by atoms with van der Waals surface area (Å²) in [6, 6.07) is -0.313. The highest BCUT2D eigenvalue weighted by molar-refractivity contribution is 5.88. The topological polar surface area (TPSA) is 59.0 Å². The molecule has 2 aliphatic rings. The lowest BCUT2D eigenvalue weighted by atomic mass is 9.93. The van der Waals surface area contributed by atoms with E-state index >= 15 is 0 Å². The zero-order chi connectivity index (χ0) is 11.9. The lowest BCUT2D eigenvalue weighted by Crippen LogP contribution is -2.69. The van der Waals surface area contributed by atoms with E-state index in [1.54, 1.807) is 11.0 Å². The van der Waals surface area contributed by atoms with Crippen molar-refractivity contribution >= 4 is 5.91 Å². The minimum Gasteiger partial charge on any atom is -0.381 e. The van der Waals surface area contributed by atoms with E-state index in [2.05, 4.69) is 6.58 Å². The molecule has 0 spiro atoms. The molecule has 2 saturated heterocycles. The zero-order valence-electron chi connectivity index (χ0n) is 9.55. The Kier molecular flexibility index (Phi) is 2.77. The monoisotopic (exact) mass is 227 g/mol. The first-order chi connectivity index (χ1) is 7.46. The number of aliphatic hydroxyl groups excluding tert-OH is 1. The van der Waals surface area contributed by atoms with Crippen LogP contribution in [0.5, 0.6) is 0 Å². The number of amides is 1. The van der Waals surface area contributed by atoms with Crippen LogP contribution in [0.1, 0.15) is 13.8 Å². The number of rotatable bonds is 3. The number of carbonyl (C=O) groups is 1. The molecule has 90 valence electrons. The molecule has 5 heteroatoms. The Hall–Kier alpha value is -0.910. The van der Waals surface area contributed by atoms with Gasteiger partial charge >= 0.3 is 0 Å². The van der Waals surface area contributed by atoms with E-state index in [0.29, 0.717) is 13.2 Å². The van der Waals surface area contributed by atoms with Crippen molar-refractivity contribution in [2.75, 3.05) is 13.2 Å². The smallest absolute Gasteiger partial charge is 0.254 e. The molecular formula is C11H17NO4. The largest absolute Gasteiger partial charge is 0.381 e. The maximum atomic E-state index is 11.4. The fourth-order valence-electron chi connectivity index (χ4n) is 2.19. The maximum Gasteiger partial charge on any atom is 0.254 e. The summed E-state index contributed by atoms with van der Waals surface area (Å²) in [5, 5.41) is 9.64. The van der Waals surface area contributed by atoms with Crippen molar-refractivity contribution in [3.63, 3.8) is 0 Å². The summed E-state index contributed by atoms with van der Waals surface area (Å²) in [5.41, 5.74) is 0. The maximum absolute atomic E-state index is 11.4. The molecule has 0 aromatic heterocycles. The van der Waals surface area contributed by atoms with Crippen LogP contribution in [0.25, 0.3) is 0 Å². The van der Waals surface area contributed by atoms with Gasteiger partial charge in [0, 0.05) is 6.54 Å². The fourth-order valence-corrected chi connectivity index (χ4v) is 2.19. The van der Waals surface area contributed by atoms with E-state index in [1.165, 1.54) is 0 Å². The molecular weight excluding hydrogens is 210 g/mol. The number of nitrogens with zero attached hydrogens (tertiary/aromatic N) is 1. The third-order valence-electron chi connectivity index (χ3n) is 2.96. The predicted molar refractivity (Wildman–Crippen MR) is 56.6 cm³/mol. The highest BCUT2D eigenvalue weighted by Gasteiger charge is 2.53. The molecule has 2 heterocycles. The van der Waals surface area contributed by atoms with E-state index in [1.807, 2.05) is 13.8 Å². The second kappa shape index (κ2) is 3.84. The predicted octanol–water partition coefficient (Wildman–Crippen LogP) is -0.104. The van der Waals surface area contributed by atoms with Crippen molar-refractivity contribution in [2.45, 2.75) is 37.9 Å². The summed E-state index contributed by atoms with van der Waals surface area (Å²) in [6.45, 7) is 8.05. The van der Waals surface area contributed by atoms with Crippen molar-refractivity contribution in [3.05, 3.63) is 12.7 Å².